The van der Waals surface area contributed by atoms with Crippen LogP contribution in [0.2, 0.25) is 0 Å². The lowest BCUT2D eigenvalue weighted by Crippen LogP contribution is -2.29. The molecule has 1 aliphatic rings. The Morgan fingerprint density at radius 2 is 2.00 bits per heavy atom. The SMILES string of the molecule is Cc1cncc(C(=O)N2C[C@@H](O)[C@@H](O)C2)c1. The summed E-state index contributed by atoms with van der Waals surface area (Å²) in [5.41, 5.74) is 1.40. The number of aliphatic hydroxyl groups is 2. The second-order valence-corrected chi connectivity index (χ2v) is 4.10. The molecule has 0 aliphatic carbocycles. The van der Waals surface area contributed by atoms with Gasteiger partial charge in [0.15, 0.2) is 0 Å². The molecule has 1 aromatic heterocycles. The number of hydrogen-bond acceptors (Lipinski definition) is 4. The van der Waals surface area contributed by atoms with Crippen molar-refractivity contribution < 1.29 is 15.0 Å². The molecule has 0 aromatic carbocycles. The average Bonchev–Trinajstić information content (AvgIpc) is 2.58. The fraction of sp³-hybridized carbons (Fsp3) is 0.455. The summed E-state index contributed by atoms with van der Waals surface area (Å²) in [4.78, 5) is 17.3. The van der Waals surface area contributed by atoms with Crippen LogP contribution in [0, 0.1) is 6.92 Å². The number of β-amino-alcohol motifs (C(OH)–C–C–N with tert-alkyl or cyclic N) is 2. The van der Waals surface area contributed by atoms with E-state index >= 15 is 0 Å². The largest absolute Gasteiger partial charge is 0.388 e. The van der Waals surface area contributed by atoms with Gasteiger partial charge in [0.2, 0.25) is 0 Å². The van der Waals surface area contributed by atoms with Gasteiger partial charge in [-0.1, -0.05) is 0 Å². The first-order valence-electron chi connectivity index (χ1n) is 5.15. The first kappa shape index (κ1) is 11.0. The minimum atomic E-state index is -0.846. The number of carbonyl (C=O) groups is 1. The fourth-order valence-electron chi connectivity index (χ4n) is 1.79. The summed E-state index contributed by atoms with van der Waals surface area (Å²) in [5, 5.41) is 18.7. The monoisotopic (exact) mass is 222 g/mol. The third kappa shape index (κ3) is 2.05. The van der Waals surface area contributed by atoms with Crippen LogP contribution in [-0.4, -0.2) is 51.3 Å². The molecule has 2 atom stereocenters. The van der Waals surface area contributed by atoms with Crippen molar-refractivity contribution in [3.8, 4) is 0 Å². The van der Waals surface area contributed by atoms with Crippen LogP contribution < -0.4 is 0 Å². The first-order valence-corrected chi connectivity index (χ1v) is 5.15. The zero-order chi connectivity index (χ0) is 11.7. The molecule has 0 radical (unpaired) electrons. The van der Waals surface area contributed by atoms with Gasteiger partial charge >= 0.3 is 0 Å². The highest BCUT2D eigenvalue weighted by molar-refractivity contribution is 5.94. The van der Waals surface area contributed by atoms with Gasteiger partial charge in [-0.15, -0.1) is 0 Å². The lowest BCUT2D eigenvalue weighted by Gasteiger charge is -2.15. The lowest BCUT2D eigenvalue weighted by atomic mass is 10.2. The maximum atomic E-state index is 12.0. The number of rotatable bonds is 1. The number of carbonyl (C=O) groups excluding carboxylic acids is 1. The van der Waals surface area contributed by atoms with Crippen LogP contribution in [-0.2, 0) is 0 Å². The van der Waals surface area contributed by atoms with E-state index in [4.69, 9.17) is 0 Å². The summed E-state index contributed by atoms with van der Waals surface area (Å²) >= 11 is 0. The molecule has 5 heteroatoms. The van der Waals surface area contributed by atoms with E-state index in [1.54, 1.807) is 12.3 Å². The van der Waals surface area contributed by atoms with Crippen LogP contribution in [0.15, 0.2) is 18.5 Å². The van der Waals surface area contributed by atoms with Gasteiger partial charge in [-0.05, 0) is 18.6 Å². The molecule has 16 heavy (non-hydrogen) atoms. The highest BCUT2D eigenvalue weighted by Gasteiger charge is 2.32. The molecule has 1 saturated heterocycles. The van der Waals surface area contributed by atoms with E-state index in [0.717, 1.165) is 5.56 Å². The Balaban J connectivity index is 2.14. The van der Waals surface area contributed by atoms with Crippen molar-refractivity contribution in [1.82, 2.24) is 9.88 Å². The van der Waals surface area contributed by atoms with Crippen molar-refractivity contribution in [2.45, 2.75) is 19.1 Å². The molecular formula is C11H14N2O3. The van der Waals surface area contributed by atoms with Gasteiger partial charge in [0.25, 0.3) is 5.91 Å². The molecule has 2 rings (SSSR count). The maximum absolute atomic E-state index is 12.0. The van der Waals surface area contributed by atoms with E-state index < -0.39 is 12.2 Å². The fourth-order valence-corrected chi connectivity index (χ4v) is 1.79. The summed E-state index contributed by atoms with van der Waals surface area (Å²) in [6.45, 7) is 2.21. The van der Waals surface area contributed by atoms with Crippen molar-refractivity contribution in [3.05, 3.63) is 29.6 Å². The Kier molecular flexibility index (Phi) is 2.89. The standard InChI is InChI=1S/C11H14N2O3/c1-7-2-8(4-12-3-7)11(16)13-5-9(14)10(15)6-13/h2-4,9-10,14-15H,5-6H2,1H3/t9-,10+. The molecule has 1 aliphatic heterocycles. The number of amides is 1. The summed E-state index contributed by atoms with van der Waals surface area (Å²) in [7, 11) is 0. The minimum Gasteiger partial charge on any atom is -0.388 e. The summed E-state index contributed by atoms with van der Waals surface area (Å²) in [6.07, 6.45) is 1.47. The number of aryl methyl sites for hydroxylation is 1. The number of likely N-dealkylation sites (tertiary alicyclic amines) is 1. The average molecular weight is 222 g/mol. The molecule has 1 amide bonds. The van der Waals surface area contributed by atoms with E-state index in [1.165, 1.54) is 11.1 Å². The number of aliphatic hydroxyl groups excluding tert-OH is 2. The van der Waals surface area contributed by atoms with Gasteiger partial charge in [-0.2, -0.15) is 0 Å². The van der Waals surface area contributed by atoms with Crippen molar-refractivity contribution in [2.75, 3.05) is 13.1 Å². The maximum Gasteiger partial charge on any atom is 0.255 e. The van der Waals surface area contributed by atoms with Crippen LogP contribution >= 0.6 is 0 Å². The highest BCUT2D eigenvalue weighted by Crippen LogP contribution is 2.14. The number of aromatic nitrogens is 1. The predicted octanol–water partition coefficient (Wildman–Crippen LogP) is -0.432. The molecule has 1 aromatic rings. The predicted molar refractivity (Wildman–Crippen MR) is 56.9 cm³/mol. The molecule has 0 spiro atoms. The normalized spacial score (nSPS) is 24.8. The van der Waals surface area contributed by atoms with Crippen molar-refractivity contribution >= 4 is 5.91 Å². The van der Waals surface area contributed by atoms with E-state index in [0.29, 0.717) is 5.56 Å². The summed E-state index contributed by atoms with van der Waals surface area (Å²) in [5.74, 6) is -0.202. The molecule has 0 saturated carbocycles. The van der Waals surface area contributed by atoms with Crippen LogP contribution in [0.25, 0.3) is 0 Å². The Hall–Kier alpha value is -1.46. The highest BCUT2D eigenvalue weighted by atomic mass is 16.3. The molecule has 2 heterocycles. The van der Waals surface area contributed by atoms with Gasteiger partial charge < -0.3 is 15.1 Å². The second kappa shape index (κ2) is 4.19. The van der Waals surface area contributed by atoms with E-state index in [1.807, 2.05) is 6.92 Å². The van der Waals surface area contributed by atoms with Crippen LogP contribution in [0.3, 0.4) is 0 Å². The van der Waals surface area contributed by atoms with Gasteiger partial charge in [0.05, 0.1) is 17.8 Å². The van der Waals surface area contributed by atoms with E-state index in [-0.39, 0.29) is 19.0 Å². The minimum absolute atomic E-state index is 0.175. The van der Waals surface area contributed by atoms with Crippen LogP contribution in [0.4, 0.5) is 0 Å². The van der Waals surface area contributed by atoms with Crippen LogP contribution in [0.5, 0.6) is 0 Å². The third-order valence-electron chi connectivity index (χ3n) is 2.67. The van der Waals surface area contributed by atoms with Gasteiger partial charge in [-0.25, -0.2) is 0 Å². The zero-order valence-corrected chi connectivity index (χ0v) is 9.00. The third-order valence-corrected chi connectivity index (χ3v) is 2.67. The summed E-state index contributed by atoms with van der Waals surface area (Å²) in [6, 6.07) is 1.74. The molecule has 0 unspecified atom stereocenters. The zero-order valence-electron chi connectivity index (χ0n) is 9.00. The Bertz CT molecular complexity index is 398. The van der Waals surface area contributed by atoms with Crippen molar-refractivity contribution in [3.63, 3.8) is 0 Å². The lowest BCUT2D eigenvalue weighted by molar-refractivity contribution is 0.0572. The number of nitrogens with zero attached hydrogens (tertiary/aromatic N) is 2. The smallest absolute Gasteiger partial charge is 0.255 e. The Morgan fingerprint density at radius 3 is 2.56 bits per heavy atom. The van der Waals surface area contributed by atoms with E-state index in [2.05, 4.69) is 4.98 Å². The second-order valence-electron chi connectivity index (χ2n) is 4.10. The van der Waals surface area contributed by atoms with Crippen molar-refractivity contribution in [2.24, 2.45) is 0 Å². The number of hydrogen-bond donors (Lipinski definition) is 2. The first-order chi connectivity index (χ1) is 7.58. The molecule has 1 fully saturated rings. The van der Waals surface area contributed by atoms with Crippen LogP contribution in [0.1, 0.15) is 15.9 Å². The molecule has 2 N–H and O–H groups in total. The Morgan fingerprint density at radius 1 is 1.38 bits per heavy atom. The van der Waals surface area contributed by atoms with Gasteiger partial charge in [0.1, 0.15) is 0 Å². The quantitative estimate of drug-likeness (QED) is 0.676. The molecule has 5 nitrogen and oxygen atoms in total. The number of pyridine rings is 1. The molecular weight excluding hydrogens is 208 g/mol. The van der Waals surface area contributed by atoms with Crippen molar-refractivity contribution in [1.29, 1.82) is 0 Å². The summed E-state index contributed by atoms with van der Waals surface area (Å²) < 4.78 is 0. The van der Waals surface area contributed by atoms with Gasteiger partial charge in [0, 0.05) is 25.5 Å². The van der Waals surface area contributed by atoms with Gasteiger partial charge in [-0.3, -0.25) is 9.78 Å². The topological polar surface area (TPSA) is 73.7 Å². The molecule has 0 bridgehead atoms. The van der Waals surface area contributed by atoms with E-state index in [9.17, 15) is 15.0 Å². The Labute approximate surface area is 93.3 Å². The molecule has 86 valence electrons.